The average molecular weight is 417 g/mol. The summed E-state index contributed by atoms with van der Waals surface area (Å²) in [5.41, 5.74) is 3.38. The van der Waals surface area contributed by atoms with Crippen LogP contribution in [-0.2, 0) is 11.0 Å². The number of anilines is 2. The largest absolute Gasteiger partial charge is 0.496 e. The van der Waals surface area contributed by atoms with Crippen molar-refractivity contribution in [3.8, 4) is 11.5 Å². The van der Waals surface area contributed by atoms with Crippen molar-refractivity contribution in [2.24, 2.45) is 0 Å². The Morgan fingerprint density at radius 1 is 1.04 bits per heavy atom. The first kappa shape index (κ1) is 21.1. The van der Waals surface area contributed by atoms with Gasteiger partial charge in [-0.15, -0.1) is 0 Å². The van der Waals surface area contributed by atoms with Gasteiger partial charge in [-0.3, -0.25) is 0 Å². The molecule has 1 radical (unpaired) electrons. The molecular formula is C22H30NO3SSi. The van der Waals surface area contributed by atoms with E-state index >= 15 is 0 Å². The van der Waals surface area contributed by atoms with Gasteiger partial charge < -0.3 is 18.8 Å². The molecular weight excluding hydrogens is 386 g/mol. The van der Waals surface area contributed by atoms with Gasteiger partial charge in [0, 0.05) is 28.5 Å². The van der Waals surface area contributed by atoms with Crippen molar-refractivity contribution in [1.82, 2.24) is 0 Å². The summed E-state index contributed by atoms with van der Waals surface area (Å²) in [6.45, 7) is 11.9. The Morgan fingerprint density at radius 2 is 1.71 bits per heavy atom. The molecule has 2 aromatic carbocycles. The predicted octanol–water partition coefficient (Wildman–Crippen LogP) is 6.26. The fourth-order valence-electron chi connectivity index (χ4n) is 2.91. The van der Waals surface area contributed by atoms with E-state index in [2.05, 4.69) is 64.0 Å². The van der Waals surface area contributed by atoms with Crippen LogP contribution in [0.4, 0.5) is 11.4 Å². The van der Waals surface area contributed by atoms with Crippen molar-refractivity contribution in [1.29, 1.82) is 0 Å². The van der Waals surface area contributed by atoms with Crippen molar-refractivity contribution in [3.05, 3.63) is 35.9 Å². The minimum atomic E-state index is -1.88. The maximum absolute atomic E-state index is 6.55. The lowest BCUT2D eigenvalue weighted by atomic mass is 10.1. The lowest BCUT2D eigenvalue weighted by Gasteiger charge is -2.37. The summed E-state index contributed by atoms with van der Waals surface area (Å²) in [4.78, 5) is 4.42. The van der Waals surface area contributed by atoms with E-state index in [-0.39, 0.29) is 5.04 Å². The number of fused-ring (bicyclic) bond motifs is 2. The summed E-state index contributed by atoms with van der Waals surface area (Å²) < 4.78 is 17.6. The highest BCUT2D eigenvalue weighted by atomic mass is 32.2. The second-order valence-corrected chi connectivity index (χ2v) is 14.4. The standard InChI is InChI=1S/C22H30NO3SSi/c1-22(2,3)28(7,8)26-14-16-19(25-6)12-11-18-21(16)27-20-13-15(24-5)9-10-17(20)23(18)4/h9-12H,14H2,1-8H3. The second kappa shape index (κ2) is 7.65. The van der Waals surface area contributed by atoms with Gasteiger partial charge >= 0.3 is 0 Å². The molecule has 4 nitrogen and oxygen atoms in total. The van der Waals surface area contributed by atoms with Gasteiger partial charge in [-0.25, -0.2) is 0 Å². The van der Waals surface area contributed by atoms with Crippen LogP contribution in [-0.4, -0.2) is 29.6 Å². The first-order valence-electron chi connectivity index (χ1n) is 9.45. The highest BCUT2D eigenvalue weighted by molar-refractivity contribution is 7.99. The van der Waals surface area contributed by atoms with Gasteiger partial charge in [0.1, 0.15) is 11.5 Å². The van der Waals surface area contributed by atoms with Crippen LogP contribution >= 0.6 is 11.8 Å². The molecule has 28 heavy (non-hydrogen) atoms. The first-order chi connectivity index (χ1) is 13.1. The van der Waals surface area contributed by atoms with Crippen LogP contribution in [0.1, 0.15) is 26.3 Å². The van der Waals surface area contributed by atoms with E-state index in [1.807, 2.05) is 12.1 Å². The third kappa shape index (κ3) is 3.77. The third-order valence-electron chi connectivity index (χ3n) is 5.81. The number of benzene rings is 2. The number of ether oxygens (including phenoxy) is 2. The molecule has 0 aliphatic carbocycles. The van der Waals surface area contributed by atoms with Crippen LogP contribution in [0.2, 0.25) is 18.1 Å². The minimum Gasteiger partial charge on any atom is -0.496 e. The monoisotopic (exact) mass is 416 g/mol. The van der Waals surface area contributed by atoms with E-state index in [0.717, 1.165) is 38.2 Å². The zero-order chi connectivity index (χ0) is 20.7. The van der Waals surface area contributed by atoms with Crippen molar-refractivity contribution in [2.45, 2.75) is 55.3 Å². The summed E-state index contributed by atoms with van der Waals surface area (Å²) >= 11 is 1.71. The molecule has 151 valence electrons. The summed E-state index contributed by atoms with van der Waals surface area (Å²) in [6, 6.07) is 11.6. The third-order valence-corrected chi connectivity index (χ3v) is 11.5. The lowest BCUT2D eigenvalue weighted by Crippen LogP contribution is -2.40. The van der Waals surface area contributed by atoms with Crippen LogP contribution in [0, 0.1) is 6.07 Å². The highest BCUT2D eigenvalue weighted by Crippen LogP contribution is 2.51. The predicted molar refractivity (Wildman–Crippen MR) is 119 cm³/mol. The number of hydrogen-bond acceptors (Lipinski definition) is 5. The zero-order valence-corrected chi connectivity index (χ0v) is 19.9. The molecule has 0 unspecified atom stereocenters. The van der Waals surface area contributed by atoms with Gasteiger partial charge in [0.05, 0.1) is 32.2 Å². The van der Waals surface area contributed by atoms with Crippen molar-refractivity contribution in [2.75, 3.05) is 26.2 Å². The topological polar surface area (TPSA) is 30.9 Å². The van der Waals surface area contributed by atoms with E-state index in [1.54, 1.807) is 26.0 Å². The van der Waals surface area contributed by atoms with Crippen molar-refractivity contribution in [3.63, 3.8) is 0 Å². The van der Waals surface area contributed by atoms with E-state index in [9.17, 15) is 0 Å². The van der Waals surface area contributed by atoms with Gasteiger partial charge in [0.25, 0.3) is 0 Å². The fourth-order valence-corrected chi connectivity index (χ4v) is 5.11. The summed E-state index contributed by atoms with van der Waals surface area (Å²) in [5, 5.41) is 0.159. The summed E-state index contributed by atoms with van der Waals surface area (Å²) in [7, 11) is 3.60. The molecule has 0 saturated heterocycles. The van der Waals surface area contributed by atoms with Crippen molar-refractivity contribution < 1.29 is 13.9 Å². The second-order valence-electron chi connectivity index (χ2n) is 8.55. The summed E-state index contributed by atoms with van der Waals surface area (Å²) in [6.07, 6.45) is 0. The molecule has 0 atom stereocenters. The smallest absolute Gasteiger partial charge is 0.192 e. The molecule has 0 aromatic heterocycles. The van der Waals surface area contributed by atoms with Gasteiger partial charge in [0.2, 0.25) is 0 Å². The SMILES string of the molecule is COc1[c]c2c(cc1)N(C)c1ccc(OC)c(CO[Si](C)(C)C(C)(C)C)c1S2. The van der Waals surface area contributed by atoms with Crippen molar-refractivity contribution >= 4 is 31.5 Å². The molecule has 0 fully saturated rings. The maximum Gasteiger partial charge on any atom is 0.192 e. The highest BCUT2D eigenvalue weighted by Gasteiger charge is 2.38. The van der Waals surface area contributed by atoms with E-state index in [0.29, 0.717) is 6.61 Å². The maximum atomic E-state index is 6.55. The van der Waals surface area contributed by atoms with E-state index in [4.69, 9.17) is 13.9 Å². The molecule has 0 spiro atoms. The summed E-state index contributed by atoms with van der Waals surface area (Å²) in [5.74, 6) is 1.61. The molecule has 1 heterocycles. The van der Waals surface area contributed by atoms with Crippen LogP contribution in [0.5, 0.6) is 11.5 Å². The average Bonchev–Trinajstić information content (AvgIpc) is 2.64. The molecule has 3 rings (SSSR count). The van der Waals surface area contributed by atoms with Crippen LogP contribution in [0.25, 0.3) is 0 Å². The van der Waals surface area contributed by atoms with E-state index < -0.39 is 8.32 Å². The Morgan fingerprint density at radius 3 is 2.32 bits per heavy atom. The molecule has 1 aliphatic rings. The Hall–Kier alpha value is -1.63. The van der Waals surface area contributed by atoms with Gasteiger partial charge in [0.15, 0.2) is 8.32 Å². The van der Waals surface area contributed by atoms with Crippen LogP contribution in [0.3, 0.4) is 0 Å². The Balaban J connectivity index is 2.02. The molecule has 2 aromatic rings. The Labute approximate surface area is 174 Å². The number of methoxy groups -OCH3 is 2. The fraction of sp³-hybridized carbons (Fsp3) is 0.455. The lowest BCUT2D eigenvalue weighted by molar-refractivity contribution is 0.267. The Bertz CT molecular complexity index is 877. The van der Waals surface area contributed by atoms with Crippen LogP contribution < -0.4 is 14.4 Å². The number of nitrogens with zero attached hydrogens (tertiary/aromatic N) is 1. The quantitative estimate of drug-likeness (QED) is 0.537. The minimum absolute atomic E-state index is 0.159. The van der Waals surface area contributed by atoms with Gasteiger partial charge in [-0.1, -0.05) is 32.5 Å². The Kier molecular flexibility index (Phi) is 5.76. The first-order valence-corrected chi connectivity index (χ1v) is 13.2. The number of hydrogen-bond donors (Lipinski definition) is 0. The molecule has 6 heteroatoms. The molecule has 0 saturated carbocycles. The molecule has 0 amide bonds. The molecule has 1 aliphatic heterocycles. The van der Waals surface area contributed by atoms with Gasteiger partial charge in [-0.2, -0.15) is 0 Å². The molecule has 0 bridgehead atoms. The normalized spacial score (nSPS) is 13.8. The van der Waals surface area contributed by atoms with E-state index in [1.165, 1.54) is 0 Å². The zero-order valence-electron chi connectivity index (χ0n) is 18.1. The molecule has 0 N–H and O–H groups in total. The van der Waals surface area contributed by atoms with Crippen LogP contribution in [0.15, 0.2) is 34.1 Å². The number of rotatable bonds is 5. The van der Waals surface area contributed by atoms with Gasteiger partial charge in [-0.05, 0) is 42.4 Å².